The Balaban J connectivity index is 2.46. The molecule has 1 aromatic rings. The molecule has 0 bridgehead atoms. The molecule has 0 aromatic heterocycles. The molecular formula is C18H28N2O5. The number of amides is 1. The Kier molecular flexibility index (Phi) is 8.80. The maximum Gasteiger partial charge on any atom is 0.407 e. The Bertz CT molecular complexity index is 567. The van der Waals surface area contributed by atoms with Crippen molar-refractivity contribution in [2.24, 2.45) is 0 Å². The lowest BCUT2D eigenvalue weighted by Crippen LogP contribution is -2.32. The normalized spacial score (nSPS) is 11.5. The van der Waals surface area contributed by atoms with Crippen molar-refractivity contribution in [1.29, 1.82) is 0 Å². The number of alkyl carbamates (subject to hydrolysis) is 1. The third-order valence-corrected chi connectivity index (χ3v) is 2.70. The first kappa shape index (κ1) is 20.8. The summed E-state index contributed by atoms with van der Waals surface area (Å²) >= 11 is 0. The van der Waals surface area contributed by atoms with Crippen molar-refractivity contribution < 1.29 is 24.0 Å². The summed E-state index contributed by atoms with van der Waals surface area (Å²) in [6.45, 7) is 8.82. The topological polar surface area (TPSA) is 92.0 Å². The molecule has 3 N–H and O–H groups in total. The van der Waals surface area contributed by atoms with Crippen molar-refractivity contribution in [3.05, 3.63) is 35.9 Å². The van der Waals surface area contributed by atoms with Gasteiger partial charge in [-0.1, -0.05) is 6.08 Å². The summed E-state index contributed by atoms with van der Waals surface area (Å²) in [6, 6.07) is 5.32. The van der Waals surface area contributed by atoms with Crippen molar-refractivity contribution >= 4 is 11.8 Å². The van der Waals surface area contributed by atoms with E-state index in [9.17, 15) is 4.79 Å². The number of ether oxygens (including phenoxy) is 2. The minimum Gasteiger partial charge on any atom is -0.489 e. The number of rotatable bonds is 9. The van der Waals surface area contributed by atoms with Gasteiger partial charge in [0.15, 0.2) is 0 Å². The molecule has 1 rings (SSSR count). The van der Waals surface area contributed by atoms with E-state index >= 15 is 0 Å². The molecule has 7 nitrogen and oxygen atoms in total. The van der Waals surface area contributed by atoms with Crippen LogP contribution in [0, 0.1) is 0 Å². The van der Waals surface area contributed by atoms with E-state index < -0.39 is 11.7 Å². The Morgan fingerprint density at radius 1 is 1.16 bits per heavy atom. The molecule has 0 unspecified atom stereocenters. The van der Waals surface area contributed by atoms with Crippen LogP contribution in [0.25, 0.3) is 0 Å². The van der Waals surface area contributed by atoms with Gasteiger partial charge in [-0.05, 0) is 51.5 Å². The van der Waals surface area contributed by atoms with Gasteiger partial charge in [-0.2, -0.15) is 0 Å². The van der Waals surface area contributed by atoms with E-state index in [2.05, 4.69) is 5.32 Å². The first-order valence-electron chi connectivity index (χ1n) is 8.18. The number of carbonyl (C=O) groups is 1. The number of hydrogen-bond donors (Lipinski definition) is 2. The molecule has 0 atom stereocenters. The second-order valence-electron chi connectivity index (χ2n) is 6.24. The minimum absolute atomic E-state index is 0.300. The fourth-order valence-corrected chi connectivity index (χ4v) is 1.81. The summed E-state index contributed by atoms with van der Waals surface area (Å²) in [5.41, 5.74) is 6.72. The van der Waals surface area contributed by atoms with Crippen LogP contribution in [-0.4, -0.2) is 31.5 Å². The second-order valence-corrected chi connectivity index (χ2v) is 6.24. The molecule has 140 valence electrons. The molecule has 0 aliphatic rings. The number of nitrogens with one attached hydrogen (secondary N) is 1. The highest BCUT2D eigenvalue weighted by atomic mass is 17.2. The zero-order chi connectivity index (χ0) is 18.7. The number of hydrogen-bond acceptors (Lipinski definition) is 6. The predicted molar refractivity (Wildman–Crippen MR) is 96.1 cm³/mol. The molecule has 0 spiro atoms. The smallest absolute Gasteiger partial charge is 0.407 e. The second kappa shape index (κ2) is 10.6. The van der Waals surface area contributed by atoms with E-state index in [0.717, 1.165) is 5.56 Å². The Hall–Kier alpha value is -2.25. The molecule has 0 radical (unpaired) electrons. The Morgan fingerprint density at radius 2 is 1.88 bits per heavy atom. The van der Waals surface area contributed by atoms with Crippen molar-refractivity contribution in [1.82, 2.24) is 5.32 Å². The molecule has 0 saturated heterocycles. The molecular weight excluding hydrogens is 324 g/mol. The fraction of sp³-hybridized carbons (Fsp3) is 0.500. The van der Waals surface area contributed by atoms with Crippen molar-refractivity contribution in [2.75, 3.05) is 25.6 Å². The monoisotopic (exact) mass is 352 g/mol. The third kappa shape index (κ3) is 10.3. The van der Waals surface area contributed by atoms with Gasteiger partial charge in [-0.15, -0.1) is 0 Å². The van der Waals surface area contributed by atoms with Crippen LogP contribution >= 0.6 is 0 Å². The van der Waals surface area contributed by atoms with Crippen LogP contribution in [0.4, 0.5) is 10.5 Å². The largest absolute Gasteiger partial charge is 0.489 e. The molecule has 0 aliphatic heterocycles. The predicted octanol–water partition coefficient (Wildman–Crippen LogP) is 3.20. The summed E-state index contributed by atoms with van der Waals surface area (Å²) < 4.78 is 10.8. The van der Waals surface area contributed by atoms with Gasteiger partial charge in [0.1, 0.15) is 24.6 Å². The van der Waals surface area contributed by atoms with E-state index in [1.165, 1.54) is 0 Å². The number of nitrogens with two attached hydrogens (primary N) is 1. The molecule has 0 aliphatic carbocycles. The first-order valence-corrected chi connectivity index (χ1v) is 8.18. The molecule has 1 aromatic carbocycles. The van der Waals surface area contributed by atoms with Gasteiger partial charge in [0.25, 0.3) is 0 Å². The lowest BCUT2D eigenvalue weighted by Gasteiger charge is -2.19. The quantitative estimate of drug-likeness (QED) is 0.233. The van der Waals surface area contributed by atoms with Crippen LogP contribution in [0.1, 0.15) is 33.3 Å². The van der Waals surface area contributed by atoms with Crippen LogP contribution in [0.5, 0.6) is 5.75 Å². The van der Waals surface area contributed by atoms with Crippen LogP contribution < -0.4 is 15.8 Å². The Morgan fingerprint density at radius 3 is 2.56 bits per heavy atom. The number of nitrogen functional groups attached to an aromatic ring is 1. The SMILES string of the molecule is CCOOC/C=C/COc1cc(N)cc(CNC(=O)OC(C)(C)C)c1. The summed E-state index contributed by atoms with van der Waals surface area (Å²) in [6.07, 6.45) is 3.14. The van der Waals surface area contributed by atoms with Crippen LogP contribution in [-0.2, 0) is 21.1 Å². The summed E-state index contributed by atoms with van der Waals surface area (Å²) in [5, 5.41) is 2.69. The van der Waals surface area contributed by atoms with Crippen LogP contribution in [0.3, 0.4) is 0 Å². The summed E-state index contributed by atoms with van der Waals surface area (Å²) in [7, 11) is 0. The molecule has 7 heteroatoms. The molecule has 0 saturated carbocycles. The first-order chi connectivity index (χ1) is 11.8. The maximum absolute atomic E-state index is 11.7. The highest BCUT2D eigenvalue weighted by Gasteiger charge is 2.15. The fourth-order valence-electron chi connectivity index (χ4n) is 1.81. The molecule has 0 heterocycles. The maximum atomic E-state index is 11.7. The van der Waals surface area contributed by atoms with E-state index in [-0.39, 0.29) is 0 Å². The van der Waals surface area contributed by atoms with Gasteiger partial charge in [0, 0.05) is 18.3 Å². The van der Waals surface area contributed by atoms with Gasteiger partial charge < -0.3 is 20.5 Å². The Labute approximate surface area is 149 Å². The molecule has 1 amide bonds. The van der Waals surface area contributed by atoms with Crippen molar-refractivity contribution in [2.45, 2.75) is 39.8 Å². The molecule has 25 heavy (non-hydrogen) atoms. The van der Waals surface area contributed by atoms with Crippen LogP contribution in [0.2, 0.25) is 0 Å². The van der Waals surface area contributed by atoms with Gasteiger partial charge in [0.2, 0.25) is 0 Å². The average molecular weight is 352 g/mol. The molecule has 0 fully saturated rings. The van der Waals surface area contributed by atoms with Crippen LogP contribution in [0.15, 0.2) is 30.4 Å². The highest BCUT2D eigenvalue weighted by molar-refractivity contribution is 5.67. The van der Waals surface area contributed by atoms with E-state index in [1.807, 2.05) is 39.8 Å². The number of carbonyl (C=O) groups excluding carboxylic acids is 1. The lowest BCUT2D eigenvalue weighted by molar-refractivity contribution is -0.282. The van der Waals surface area contributed by atoms with Gasteiger partial charge in [0.05, 0.1) is 6.61 Å². The number of anilines is 1. The van der Waals surface area contributed by atoms with E-state index in [4.69, 9.17) is 25.0 Å². The van der Waals surface area contributed by atoms with E-state index in [0.29, 0.717) is 37.8 Å². The van der Waals surface area contributed by atoms with Gasteiger partial charge >= 0.3 is 6.09 Å². The van der Waals surface area contributed by atoms with Gasteiger partial charge in [-0.3, -0.25) is 0 Å². The van der Waals surface area contributed by atoms with Crippen molar-refractivity contribution in [3.8, 4) is 5.75 Å². The highest BCUT2D eigenvalue weighted by Crippen LogP contribution is 2.19. The van der Waals surface area contributed by atoms with Gasteiger partial charge in [-0.25, -0.2) is 14.6 Å². The zero-order valence-electron chi connectivity index (χ0n) is 15.3. The third-order valence-electron chi connectivity index (χ3n) is 2.70. The van der Waals surface area contributed by atoms with E-state index in [1.54, 1.807) is 18.2 Å². The standard InChI is InChI=1S/C18H28N2O5/c1-5-23-24-9-7-6-8-22-16-11-14(10-15(19)12-16)13-20-17(21)25-18(2,3)4/h6-7,10-12H,5,8-9,13,19H2,1-4H3,(H,20,21)/b7-6+. The minimum atomic E-state index is -0.535. The average Bonchev–Trinajstić information content (AvgIpc) is 2.50. The summed E-state index contributed by atoms with van der Waals surface area (Å²) in [4.78, 5) is 21.3. The lowest BCUT2D eigenvalue weighted by atomic mass is 10.2. The summed E-state index contributed by atoms with van der Waals surface area (Å²) in [5.74, 6) is 0.622. The zero-order valence-corrected chi connectivity index (χ0v) is 15.3. The number of benzene rings is 1. The van der Waals surface area contributed by atoms with Crippen molar-refractivity contribution in [3.63, 3.8) is 0 Å².